The van der Waals surface area contributed by atoms with Gasteiger partial charge >= 0.3 is 0 Å². The van der Waals surface area contributed by atoms with Gasteiger partial charge in [-0.05, 0) is 31.9 Å². The molecule has 0 aliphatic rings. The highest BCUT2D eigenvalue weighted by Gasteiger charge is 2.14. The first-order valence-corrected chi connectivity index (χ1v) is 7.71. The first kappa shape index (κ1) is 16.0. The van der Waals surface area contributed by atoms with Crippen LogP contribution in [0.5, 0.6) is 0 Å². The van der Waals surface area contributed by atoms with Crippen LogP contribution < -0.4 is 5.32 Å². The number of pyridine rings is 1. The van der Waals surface area contributed by atoms with Crippen molar-refractivity contribution in [1.29, 1.82) is 5.26 Å². The number of amides is 1. The van der Waals surface area contributed by atoms with E-state index in [9.17, 15) is 10.1 Å². The fraction of sp³-hybridized carbons (Fsp3) is 0.333. The maximum Gasteiger partial charge on any atom is 0.235 e. The topological polar surface area (TPSA) is 83.6 Å². The van der Waals surface area contributed by atoms with Gasteiger partial charge in [0, 0.05) is 25.0 Å². The Kier molecular flexibility index (Phi) is 4.83. The Morgan fingerprint density at radius 3 is 2.73 bits per heavy atom. The number of nitrogens with one attached hydrogen (secondary N) is 1. The highest BCUT2D eigenvalue weighted by atomic mass is 32.2. The molecule has 0 spiro atoms. The number of anilines is 1. The van der Waals surface area contributed by atoms with Gasteiger partial charge in [-0.15, -0.1) is 0 Å². The molecule has 0 bridgehead atoms. The molecule has 2 heterocycles. The molecule has 22 heavy (non-hydrogen) atoms. The number of carbonyl (C=O) groups excluding carboxylic acids is 1. The van der Waals surface area contributed by atoms with Crippen LogP contribution in [0.4, 0.5) is 5.82 Å². The van der Waals surface area contributed by atoms with Gasteiger partial charge < -0.3 is 5.32 Å². The predicted octanol–water partition coefficient (Wildman–Crippen LogP) is 2.34. The zero-order valence-corrected chi connectivity index (χ0v) is 13.8. The second-order valence-electron chi connectivity index (χ2n) is 4.95. The lowest BCUT2D eigenvalue weighted by atomic mass is 10.1. The summed E-state index contributed by atoms with van der Waals surface area (Å²) in [4.78, 5) is 16.4. The van der Waals surface area contributed by atoms with E-state index in [1.54, 1.807) is 24.0 Å². The van der Waals surface area contributed by atoms with Crippen LogP contribution in [-0.2, 0) is 11.8 Å². The van der Waals surface area contributed by atoms with Crippen molar-refractivity contribution in [2.45, 2.75) is 25.8 Å². The molecule has 114 valence electrons. The molecule has 0 unspecified atom stereocenters. The van der Waals surface area contributed by atoms with Gasteiger partial charge in [-0.3, -0.25) is 9.48 Å². The Hall–Kier alpha value is -2.33. The van der Waals surface area contributed by atoms with Crippen LogP contribution in [0.1, 0.15) is 22.4 Å². The van der Waals surface area contributed by atoms with Gasteiger partial charge in [0.2, 0.25) is 5.91 Å². The van der Waals surface area contributed by atoms with E-state index in [1.807, 2.05) is 20.8 Å². The lowest BCUT2D eigenvalue weighted by molar-refractivity contribution is -0.113. The summed E-state index contributed by atoms with van der Waals surface area (Å²) < 4.78 is 1.62. The molecule has 2 aromatic heterocycles. The van der Waals surface area contributed by atoms with E-state index >= 15 is 0 Å². The molecule has 0 radical (unpaired) electrons. The molecule has 7 heteroatoms. The minimum Gasteiger partial charge on any atom is -0.308 e. The van der Waals surface area contributed by atoms with Crippen molar-refractivity contribution < 1.29 is 4.79 Å². The second kappa shape index (κ2) is 6.62. The Morgan fingerprint density at radius 2 is 2.14 bits per heavy atom. The molecule has 1 N–H and O–H groups in total. The predicted molar refractivity (Wildman–Crippen MR) is 85.7 cm³/mol. The highest BCUT2D eigenvalue weighted by molar-refractivity contribution is 8.00. The molecule has 0 saturated heterocycles. The number of aromatic nitrogens is 3. The Bertz CT molecular complexity index is 760. The third-order valence-electron chi connectivity index (χ3n) is 3.40. The minimum atomic E-state index is -0.176. The lowest BCUT2D eigenvalue weighted by Gasteiger charge is -2.10. The number of thioether (sulfide) groups is 1. The monoisotopic (exact) mass is 315 g/mol. The third kappa shape index (κ3) is 3.46. The SMILES string of the molecule is Cc1nc(SCC(=O)Nc2ccn(C)n2)c(C#N)c(C)c1C. The van der Waals surface area contributed by atoms with E-state index in [-0.39, 0.29) is 11.7 Å². The number of carbonyl (C=O) groups is 1. The molecule has 1 amide bonds. The maximum absolute atomic E-state index is 11.9. The number of nitrogens with zero attached hydrogens (tertiary/aromatic N) is 4. The minimum absolute atomic E-state index is 0.176. The molecule has 0 fully saturated rings. The molecule has 0 aliphatic heterocycles. The number of hydrogen-bond acceptors (Lipinski definition) is 5. The molecule has 0 aliphatic carbocycles. The normalized spacial score (nSPS) is 10.3. The van der Waals surface area contributed by atoms with Crippen molar-refractivity contribution in [3.8, 4) is 6.07 Å². The number of hydrogen-bond donors (Lipinski definition) is 1. The molecule has 0 aromatic carbocycles. The van der Waals surface area contributed by atoms with Crippen LogP contribution in [0.25, 0.3) is 0 Å². The van der Waals surface area contributed by atoms with Gasteiger partial charge in [0.25, 0.3) is 0 Å². The van der Waals surface area contributed by atoms with Crippen LogP contribution in [0.3, 0.4) is 0 Å². The van der Waals surface area contributed by atoms with Crippen molar-refractivity contribution >= 4 is 23.5 Å². The van der Waals surface area contributed by atoms with Gasteiger partial charge in [-0.2, -0.15) is 10.4 Å². The fourth-order valence-electron chi connectivity index (χ4n) is 1.94. The first-order valence-electron chi connectivity index (χ1n) is 6.72. The molecule has 2 rings (SSSR count). The fourth-order valence-corrected chi connectivity index (χ4v) is 2.83. The van der Waals surface area contributed by atoms with Crippen molar-refractivity contribution in [1.82, 2.24) is 14.8 Å². The zero-order valence-electron chi connectivity index (χ0n) is 13.0. The van der Waals surface area contributed by atoms with Crippen LogP contribution >= 0.6 is 11.8 Å². The average molecular weight is 315 g/mol. The van der Waals surface area contributed by atoms with Crippen LogP contribution in [0.15, 0.2) is 17.3 Å². The van der Waals surface area contributed by atoms with Crippen molar-refractivity contribution in [2.24, 2.45) is 7.05 Å². The standard InChI is InChI=1S/C15H17N5OS/c1-9-10(2)12(7-16)15(17-11(9)3)22-8-14(21)18-13-5-6-20(4)19-13/h5-6H,8H2,1-4H3,(H,18,19,21). The van der Waals surface area contributed by atoms with Crippen molar-refractivity contribution in [3.05, 3.63) is 34.6 Å². The lowest BCUT2D eigenvalue weighted by Crippen LogP contribution is -2.15. The summed E-state index contributed by atoms with van der Waals surface area (Å²) in [6.07, 6.45) is 1.75. The summed E-state index contributed by atoms with van der Waals surface area (Å²) in [5, 5.41) is 16.7. The molecule has 0 saturated carbocycles. The summed E-state index contributed by atoms with van der Waals surface area (Å²) in [6, 6.07) is 3.90. The maximum atomic E-state index is 11.9. The van der Waals surface area contributed by atoms with Gasteiger partial charge in [0.15, 0.2) is 5.82 Å². The van der Waals surface area contributed by atoms with E-state index in [1.165, 1.54) is 11.8 Å². The van der Waals surface area contributed by atoms with E-state index in [0.29, 0.717) is 16.4 Å². The molecule has 0 atom stereocenters. The second-order valence-corrected chi connectivity index (χ2v) is 5.91. The van der Waals surface area contributed by atoms with Crippen LogP contribution in [0, 0.1) is 32.1 Å². The zero-order chi connectivity index (χ0) is 16.3. The Morgan fingerprint density at radius 1 is 1.41 bits per heavy atom. The molecular weight excluding hydrogens is 298 g/mol. The Labute approximate surface area is 133 Å². The van der Waals surface area contributed by atoms with Gasteiger partial charge in [-0.1, -0.05) is 11.8 Å². The van der Waals surface area contributed by atoms with E-state index < -0.39 is 0 Å². The van der Waals surface area contributed by atoms with Crippen LogP contribution in [0.2, 0.25) is 0 Å². The summed E-state index contributed by atoms with van der Waals surface area (Å²) in [5.74, 6) is 0.517. The van der Waals surface area contributed by atoms with Crippen molar-refractivity contribution in [3.63, 3.8) is 0 Å². The summed E-state index contributed by atoms with van der Waals surface area (Å²) in [6.45, 7) is 5.75. The smallest absolute Gasteiger partial charge is 0.235 e. The van der Waals surface area contributed by atoms with Crippen LogP contribution in [-0.4, -0.2) is 26.4 Å². The summed E-state index contributed by atoms with van der Waals surface area (Å²) in [7, 11) is 1.78. The van der Waals surface area contributed by atoms with Crippen molar-refractivity contribution in [2.75, 3.05) is 11.1 Å². The number of aryl methyl sites for hydroxylation is 2. The number of nitriles is 1. The van der Waals surface area contributed by atoms with E-state index in [2.05, 4.69) is 21.5 Å². The summed E-state index contributed by atoms with van der Waals surface area (Å²) >= 11 is 1.26. The third-order valence-corrected chi connectivity index (χ3v) is 4.37. The quantitative estimate of drug-likeness (QED) is 0.876. The molecule has 2 aromatic rings. The molecular formula is C15H17N5OS. The highest BCUT2D eigenvalue weighted by Crippen LogP contribution is 2.26. The summed E-state index contributed by atoms with van der Waals surface area (Å²) in [5.41, 5.74) is 3.35. The first-order chi connectivity index (χ1) is 10.4. The molecule has 6 nitrogen and oxygen atoms in total. The average Bonchev–Trinajstić information content (AvgIpc) is 2.88. The van der Waals surface area contributed by atoms with E-state index in [0.717, 1.165) is 16.8 Å². The Balaban J connectivity index is 2.08. The van der Waals surface area contributed by atoms with Gasteiger partial charge in [-0.25, -0.2) is 4.98 Å². The van der Waals surface area contributed by atoms with Gasteiger partial charge in [0.1, 0.15) is 11.1 Å². The van der Waals surface area contributed by atoms with E-state index in [4.69, 9.17) is 0 Å². The number of rotatable bonds is 4. The largest absolute Gasteiger partial charge is 0.308 e. The van der Waals surface area contributed by atoms with Gasteiger partial charge in [0.05, 0.1) is 11.3 Å².